The van der Waals surface area contributed by atoms with E-state index in [4.69, 9.17) is 0 Å². The quantitative estimate of drug-likeness (QED) is 0.777. The number of aromatic nitrogens is 2. The number of amides is 2. The monoisotopic (exact) mass is 409 g/mol. The molecule has 0 aromatic carbocycles. The van der Waals surface area contributed by atoms with Gasteiger partial charge in [0.1, 0.15) is 5.82 Å². The maximum Gasteiger partial charge on any atom is 0.255 e. The molecule has 0 saturated carbocycles. The number of nitrogens with zero attached hydrogens (tertiary/aromatic N) is 5. The molecule has 0 unspecified atom stereocenters. The highest BCUT2D eigenvalue weighted by molar-refractivity contribution is 5.96. The van der Waals surface area contributed by atoms with Crippen LogP contribution in [0, 0.1) is 13.8 Å². The summed E-state index contributed by atoms with van der Waals surface area (Å²) in [5.41, 5.74) is 2.65. The molecular formula is C23H31N5O2. The second kappa shape index (κ2) is 9.00. The molecule has 4 heterocycles. The van der Waals surface area contributed by atoms with E-state index in [1.54, 1.807) is 6.20 Å². The molecule has 0 atom stereocenters. The van der Waals surface area contributed by atoms with Gasteiger partial charge in [-0.3, -0.25) is 14.5 Å². The Morgan fingerprint density at radius 1 is 0.933 bits per heavy atom. The zero-order valence-corrected chi connectivity index (χ0v) is 18.0. The Labute approximate surface area is 178 Å². The average molecular weight is 410 g/mol. The van der Waals surface area contributed by atoms with Gasteiger partial charge in [-0.25, -0.2) is 4.98 Å². The molecule has 0 N–H and O–H groups in total. The number of piperidine rings is 1. The van der Waals surface area contributed by atoms with E-state index in [-0.39, 0.29) is 11.8 Å². The van der Waals surface area contributed by atoms with E-state index in [0.717, 1.165) is 61.8 Å². The van der Waals surface area contributed by atoms with Crippen LogP contribution in [0.3, 0.4) is 0 Å². The highest BCUT2D eigenvalue weighted by atomic mass is 16.2. The fourth-order valence-electron chi connectivity index (χ4n) is 4.53. The first-order valence-corrected chi connectivity index (χ1v) is 10.9. The van der Waals surface area contributed by atoms with Crippen LogP contribution < -0.4 is 0 Å². The van der Waals surface area contributed by atoms with Crippen molar-refractivity contribution >= 4 is 11.8 Å². The normalized spacial score (nSPS) is 17.9. The molecule has 0 radical (unpaired) electrons. The van der Waals surface area contributed by atoms with E-state index >= 15 is 0 Å². The van der Waals surface area contributed by atoms with Crippen molar-refractivity contribution in [1.82, 2.24) is 24.3 Å². The van der Waals surface area contributed by atoms with Crippen molar-refractivity contribution in [2.24, 2.45) is 0 Å². The zero-order valence-electron chi connectivity index (χ0n) is 18.0. The van der Waals surface area contributed by atoms with Gasteiger partial charge in [-0.15, -0.1) is 0 Å². The van der Waals surface area contributed by atoms with E-state index in [1.807, 2.05) is 52.5 Å². The molecule has 4 rings (SSSR count). The molecule has 30 heavy (non-hydrogen) atoms. The molecular weight excluding hydrogens is 378 g/mol. The minimum absolute atomic E-state index is 0.0623. The first kappa shape index (κ1) is 20.6. The van der Waals surface area contributed by atoms with Crippen molar-refractivity contribution in [2.45, 2.75) is 33.1 Å². The predicted octanol–water partition coefficient (Wildman–Crippen LogP) is 2.26. The Kier molecular flexibility index (Phi) is 6.18. The van der Waals surface area contributed by atoms with Gasteiger partial charge in [0, 0.05) is 56.9 Å². The number of pyridine rings is 1. The minimum Gasteiger partial charge on any atom is -0.342 e. The largest absolute Gasteiger partial charge is 0.342 e. The second-order valence-corrected chi connectivity index (χ2v) is 8.32. The summed E-state index contributed by atoms with van der Waals surface area (Å²) >= 11 is 0. The Bertz CT molecular complexity index is 894. The first-order chi connectivity index (χ1) is 14.5. The molecule has 7 nitrogen and oxygen atoms in total. The molecule has 2 aliphatic heterocycles. The van der Waals surface area contributed by atoms with Gasteiger partial charge >= 0.3 is 0 Å². The number of piperazine rings is 1. The molecule has 7 heteroatoms. The van der Waals surface area contributed by atoms with Gasteiger partial charge in [0.25, 0.3) is 5.91 Å². The third kappa shape index (κ3) is 4.26. The maximum atomic E-state index is 13.2. The number of hydrogen-bond acceptors (Lipinski definition) is 4. The van der Waals surface area contributed by atoms with Crippen LogP contribution >= 0.6 is 0 Å². The number of aryl methyl sites for hydroxylation is 1. The maximum absolute atomic E-state index is 13.2. The fourth-order valence-corrected chi connectivity index (χ4v) is 4.53. The van der Waals surface area contributed by atoms with Gasteiger partial charge in [0.2, 0.25) is 5.91 Å². The molecule has 2 aromatic heterocycles. The zero-order chi connectivity index (χ0) is 21.1. The van der Waals surface area contributed by atoms with Crippen molar-refractivity contribution in [3.8, 4) is 5.82 Å². The van der Waals surface area contributed by atoms with Crippen LogP contribution in [0.1, 0.15) is 41.0 Å². The first-order valence-electron chi connectivity index (χ1n) is 10.9. The van der Waals surface area contributed by atoms with Gasteiger partial charge in [0.15, 0.2) is 0 Å². The van der Waals surface area contributed by atoms with Crippen LogP contribution in [0.15, 0.2) is 30.5 Å². The topological polar surface area (TPSA) is 61.7 Å². The number of likely N-dealkylation sites (tertiary alicyclic amines) is 1. The SMILES string of the molecule is Cc1cc(C(=O)N2CCN(CC(=O)N3CCCCC3)CC2)c(C)n1-c1ccccn1. The van der Waals surface area contributed by atoms with Gasteiger partial charge in [-0.2, -0.15) is 0 Å². The summed E-state index contributed by atoms with van der Waals surface area (Å²) in [7, 11) is 0. The van der Waals surface area contributed by atoms with E-state index in [0.29, 0.717) is 19.6 Å². The second-order valence-electron chi connectivity index (χ2n) is 8.32. The average Bonchev–Trinajstić information content (AvgIpc) is 3.08. The summed E-state index contributed by atoms with van der Waals surface area (Å²) in [6.45, 7) is 9.01. The molecule has 0 spiro atoms. The van der Waals surface area contributed by atoms with Crippen LogP contribution in [0.2, 0.25) is 0 Å². The number of rotatable bonds is 4. The summed E-state index contributed by atoms with van der Waals surface area (Å²) in [5.74, 6) is 1.12. The van der Waals surface area contributed by atoms with Gasteiger partial charge in [-0.1, -0.05) is 6.07 Å². The Morgan fingerprint density at radius 2 is 1.67 bits per heavy atom. The van der Waals surface area contributed by atoms with Crippen molar-refractivity contribution in [3.05, 3.63) is 47.4 Å². The standard InChI is InChI=1S/C23H31N5O2/c1-18-16-20(19(2)28(18)21-8-4-5-9-24-21)23(30)27-14-12-25(13-15-27)17-22(29)26-10-6-3-7-11-26/h4-5,8-9,16H,3,6-7,10-15,17H2,1-2H3. The highest BCUT2D eigenvalue weighted by Crippen LogP contribution is 2.21. The lowest BCUT2D eigenvalue weighted by molar-refractivity contribution is -0.133. The molecule has 2 aromatic rings. The Balaban J connectivity index is 1.37. The van der Waals surface area contributed by atoms with Crippen LogP contribution in [0.4, 0.5) is 0 Å². The van der Waals surface area contributed by atoms with Gasteiger partial charge in [-0.05, 0) is 51.3 Å². The third-order valence-corrected chi connectivity index (χ3v) is 6.27. The van der Waals surface area contributed by atoms with Crippen molar-refractivity contribution in [2.75, 3.05) is 45.8 Å². The highest BCUT2D eigenvalue weighted by Gasteiger charge is 2.27. The van der Waals surface area contributed by atoms with Crippen molar-refractivity contribution in [1.29, 1.82) is 0 Å². The number of hydrogen-bond donors (Lipinski definition) is 0. The van der Waals surface area contributed by atoms with Gasteiger partial charge in [0.05, 0.1) is 12.1 Å². The lowest BCUT2D eigenvalue weighted by Crippen LogP contribution is -2.52. The lowest BCUT2D eigenvalue weighted by Gasteiger charge is -2.36. The molecule has 2 saturated heterocycles. The van der Waals surface area contributed by atoms with Crippen LogP contribution in [-0.2, 0) is 4.79 Å². The van der Waals surface area contributed by atoms with Crippen molar-refractivity contribution in [3.63, 3.8) is 0 Å². The van der Waals surface area contributed by atoms with E-state index in [2.05, 4.69) is 9.88 Å². The molecule has 0 aliphatic carbocycles. The summed E-state index contributed by atoms with van der Waals surface area (Å²) in [6, 6.07) is 7.75. The number of carbonyl (C=O) groups is 2. The molecule has 0 bridgehead atoms. The Hall–Kier alpha value is -2.67. The summed E-state index contributed by atoms with van der Waals surface area (Å²) in [6.07, 6.45) is 5.22. The Morgan fingerprint density at radius 3 is 2.33 bits per heavy atom. The summed E-state index contributed by atoms with van der Waals surface area (Å²) in [4.78, 5) is 36.2. The smallest absolute Gasteiger partial charge is 0.255 e. The number of carbonyl (C=O) groups excluding carboxylic acids is 2. The minimum atomic E-state index is 0.0623. The molecule has 160 valence electrons. The van der Waals surface area contributed by atoms with Gasteiger partial charge < -0.3 is 14.4 Å². The van der Waals surface area contributed by atoms with E-state index < -0.39 is 0 Å². The van der Waals surface area contributed by atoms with Crippen LogP contribution in [-0.4, -0.2) is 81.9 Å². The van der Waals surface area contributed by atoms with Crippen molar-refractivity contribution < 1.29 is 9.59 Å². The van der Waals surface area contributed by atoms with E-state index in [1.165, 1.54) is 6.42 Å². The molecule has 2 fully saturated rings. The summed E-state index contributed by atoms with van der Waals surface area (Å²) < 4.78 is 2.03. The molecule has 2 aliphatic rings. The predicted molar refractivity (Wildman–Crippen MR) is 116 cm³/mol. The molecule has 2 amide bonds. The summed E-state index contributed by atoms with van der Waals surface area (Å²) in [5, 5.41) is 0. The van der Waals surface area contributed by atoms with E-state index in [9.17, 15) is 9.59 Å². The van der Waals surface area contributed by atoms with Crippen LogP contribution in [0.5, 0.6) is 0 Å². The fraction of sp³-hybridized carbons (Fsp3) is 0.522. The lowest BCUT2D eigenvalue weighted by atomic mass is 10.1. The third-order valence-electron chi connectivity index (χ3n) is 6.27. The van der Waals surface area contributed by atoms with Crippen LogP contribution in [0.25, 0.3) is 5.82 Å².